The molecule has 2 aromatic rings. The molecule has 9 heteroatoms. The fraction of sp³-hybridized carbons (Fsp3) is 0.211. The topological polar surface area (TPSA) is 79.5 Å². The Morgan fingerprint density at radius 1 is 1.18 bits per heavy atom. The van der Waals surface area contributed by atoms with E-state index in [1.165, 1.54) is 0 Å². The Hall–Kier alpha value is -1.72. The second-order valence-electron chi connectivity index (χ2n) is 5.83. The van der Waals surface area contributed by atoms with E-state index in [0.717, 1.165) is 25.6 Å². The van der Waals surface area contributed by atoms with E-state index in [0.29, 0.717) is 11.3 Å². The molecule has 0 unspecified atom stereocenters. The van der Waals surface area contributed by atoms with Gasteiger partial charge in [0.15, 0.2) is 11.7 Å². The quantitative estimate of drug-likeness (QED) is 0.288. The minimum absolute atomic E-state index is 0.0117. The highest BCUT2D eigenvalue weighted by Crippen LogP contribution is 2.26. The minimum atomic E-state index is -0.437. The van der Waals surface area contributed by atoms with Gasteiger partial charge in [0.25, 0.3) is 11.8 Å². The summed E-state index contributed by atoms with van der Waals surface area (Å²) >= 11 is 10.6. The van der Waals surface area contributed by atoms with E-state index < -0.39 is 5.91 Å². The third-order valence-electron chi connectivity index (χ3n) is 3.74. The van der Waals surface area contributed by atoms with Crippen LogP contribution < -0.4 is 20.9 Å². The van der Waals surface area contributed by atoms with Gasteiger partial charge in [0.1, 0.15) is 5.75 Å². The van der Waals surface area contributed by atoms with Crippen molar-refractivity contribution in [2.24, 2.45) is 0 Å². The maximum Gasteiger partial charge on any atom is 0.276 e. The average molecular weight is 576 g/mol. The zero-order chi connectivity index (χ0) is 20.7. The van der Waals surface area contributed by atoms with E-state index in [4.69, 9.17) is 17.0 Å². The summed E-state index contributed by atoms with van der Waals surface area (Å²) in [4.78, 5) is 24.1. The number of amides is 2. The molecule has 3 N–H and O–H groups in total. The molecular weight excluding hydrogens is 557 g/mol. The van der Waals surface area contributed by atoms with E-state index in [9.17, 15) is 9.59 Å². The van der Waals surface area contributed by atoms with Gasteiger partial charge in [0.05, 0.1) is 4.47 Å². The minimum Gasteiger partial charge on any atom is -0.483 e. The number of nitrogens with one attached hydrogen (secondary N) is 3. The van der Waals surface area contributed by atoms with Gasteiger partial charge in [-0.1, -0.05) is 19.1 Å². The Balaban J connectivity index is 1.78. The van der Waals surface area contributed by atoms with Crippen molar-refractivity contribution in [2.45, 2.75) is 20.3 Å². The number of hydrazine groups is 1. The van der Waals surface area contributed by atoms with Crippen LogP contribution in [0.25, 0.3) is 0 Å². The van der Waals surface area contributed by atoms with E-state index in [1.807, 2.05) is 25.1 Å². The third kappa shape index (κ3) is 6.71. The summed E-state index contributed by atoms with van der Waals surface area (Å²) in [5.74, 6) is -0.231. The summed E-state index contributed by atoms with van der Waals surface area (Å²) in [6.07, 6.45) is 0.911. The second kappa shape index (κ2) is 10.7. The molecule has 0 aromatic heterocycles. The number of rotatable bonds is 5. The average Bonchev–Trinajstić information content (AvgIpc) is 2.67. The van der Waals surface area contributed by atoms with Gasteiger partial charge in [-0.3, -0.25) is 25.8 Å². The Kier molecular flexibility index (Phi) is 8.64. The first kappa shape index (κ1) is 22.6. The highest BCUT2D eigenvalue weighted by molar-refractivity contribution is 14.1. The molecule has 0 atom stereocenters. The van der Waals surface area contributed by atoms with Gasteiger partial charge in [-0.2, -0.15) is 0 Å². The first-order valence-electron chi connectivity index (χ1n) is 8.37. The fourth-order valence-electron chi connectivity index (χ4n) is 2.13. The molecule has 0 aliphatic rings. The molecule has 0 heterocycles. The molecule has 0 radical (unpaired) electrons. The van der Waals surface area contributed by atoms with Crippen molar-refractivity contribution >= 4 is 67.7 Å². The number of ether oxygens (including phenoxy) is 1. The van der Waals surface area contributed by atoms with Gasteiger partial charge in [0, 0.05) is 9.13 Å². The van der Waals surface area contributed by atoms with Crippen LogP contribution in [0.15, 0.2) is 40.9 Å². The number of hydrogen-bond donors (Lipinski definition) is 3. The Bertz CT molecular complexity index is 908. The SMILES string of the molecule is CCc1ccc(OCC(=O)NNC(=S)NC(=O)c2ccc(C)c(I)c2)c(Br)c1. The molecule has 6 nitrogen and oxygen atoms in total. The van der Waals surface area contributed by atoms with Crippen molar-refractivity contribution < 1.29 is 14.3 Å². The Labute approximate surface area is 191 Å². The monoisotopic (exact) mass is 575 g/mol. The van der Waals surface area contributed by atoms with Crippen molar-refractivity contribution in [1.82, 2.24) is 16.2 Å². The summed E-state index contributed by atoms with van der Waals surface area (Å²) in [6, 6.07) is 11.0. The van der Waals surface area contributed by atoms with Crippen LogP contribution in [-0.2, 0) is 11.2 Å². The summed E-state index contributed by atoms with van der Waals surface area (Å²) in [5, 5.41) is 2.50. The lowest BCUT2D eigenvalue weighted by atomic mass is 10.1. The number of benzene rings is 2. The standard InChI is InChI=1S/C19H19BrIN3O3S/c1-3-12-5-7-16(14(20)8-12)27-10-17(25)23-24-19(28)22-18(26)13-6-4-11(2)15(21)9-13/h4-9H,3,10H2,1-2H3,(H,23,25)(H2,22,24,26,28). The zero-order valence-corrected chi connectivity index (χ0v) is 19.8. The van der Waals surface area contributed by atoms with Gasteiger partial charge >= 0.3 is 0 Å². The molecule has 0 saturated heterocycles. The molecule has 2 aromatic carbocycles. The number of thiocarbonyl (C=S) groups is 1. The van der Waals surface area contributed by atoms with Crippen LogP contribution in [0.5, 0.6) is 5.75 Å². The number of halogens is 2. The zero-order valence-electron chi connectivity index (χ0n) is 15.3. The van der Waals surface area contributed by atoms with E-state index in [2.05, 4.69) is 61.6 Å². The van der Waals surface area contributed by atoms with Crippen molar-refractivity contribution in [3.63, 3.8) is 0 Å². The van der Waals surface area contributed by atoms with Gasteiger partial charge in [0.2, 0.25) is 0 Å². The maximum atomic E-state index is 12.2. The first-order chi connectivity index (χ1) is 13.3. The van der Waals surface area contributed by atoms with E-state index in [-0.39, 0.29) is 17.6 Å². The molecule has 28 heavy (non-hydrogen) atoms. The molecule has 0 fully saturated rings. The lowest BCUT2D eigenvalue weighted by Gasteiger charge is -2.12. The Morgan fingerprint density at radius 3 is 2.57 bits per heavy atom. The normalized spacial score (nSPS) is 10.1. The van der Waals surface area contributed by atoms with E-state index >= 15 is 0 Å². The predicted molar refractivity (Wildman–Crippen MR) is 124 cm³/mol. The third-order valence-corrected chi connectivity index (χ3v) is 5.73. The van der Waals surface area contributed by atoms with Crippen LogP contribution in [0.4, 0.5) is 0 Å². The second-order valence-corrected chi connectivity index (χ2v) is 8.25. The highest BCUT2D eigenvalue weighted by Gasteiger charge is 2.11. The molecular formula is C19H19BrIN3O3S. The van der Waals surface area contributed by atoms with Crippen molar-refractivity contribution in [1.29, 1.82) is 0 Å². The molecule has 0 spiro atoms. The number of aryl methyl sites for hydroxylation is 2. The van der Waals surface area contributed by atoms with Crippen molar-refractivity contribution in [3.05, 3.63) is 61.1 Å². The maximum absolute atomic E-state index is 12.2. The smallest absolute Gasteiger partial charge is 0.276 e. The lowest BCUT2D eigenvalue weighted by Crippen LogP contribution is -2.49. The summed E-state index contributed by atoms with van der Waals surface area (Å²) in [7, 11) is 0. The summed E-state index contributed by atoms with van der Waals surface area (Å²) in [6.45, 7) is 3.82. The summed E-state index contributed by atoms with van der Waals surface area (Å²) < 4.78 is 7.23. The fourth-order valence-corrected chi connectivity index (χ4v) is 3.33. The molecule has 148 valence electrons. The van der Waals surface area contributed by atoms with Crippen LogP contribution in [0.2, 0.25) is 0 Å². The predicted octanol–water partition coefficient (Wildman–Crippen LogP) is 3.64. The van der Waals surface area contributed by atoms with Crippen LogP contribution in [-0.4, -0.2) is 23.5 Å². The highest BCUT2D eigenvalue weighted by atomic mass is 127. The van der Waals surface area contributed by atoms with E-state index in [1.54, 1.807) is 18.2 Å². The van der Waals surface area contributed by atoms with Gasteiger partial charge in [-0.25, -0.2) is 0 Å². The van der Waals surface area contributed by atoms with Crippen LogP contribution in [0.3, 0.4) is 0 Å². The molecule has 2 rings (SSSR count). The largest absolute Gasteiger partial charge is 0.483 e. The molecule has 0 bridgehead atoms. The molecule has 0 aliphatic heterocycles. The molecule has 0 aliphatic carbocycles. The van der Waals surface area contributed by atoms with Crippen LogP contribution in [0, 0.1) is 10.5 Å². The first-order valence-corrected chi connectivity index (χ1v) is 10.7. The molecule has 2 amide bonds. The Morgan fingerprint density at radius 2 is 1.93 bits per heavy atom. The summed E-state index contributed by atoms with van der Waals surface area (Å²) in [5.41, 5.74) is 7.60. The number of carbonyl (C=O) groups is 2. The number of carbonyl (C=O) groups excluding carboxylic acids is 2. The van der Waals surface area contributed by atoms with Gasteiger partial charge < -0.3 is 4.74 Å². The molecule has 0 saturated carbocycles. The van der Waals surface area contributed by atoms with Gasteiger partial charge in [-0.05, 0) is 99.5 Å². The van der Waals surface area contributed by atoms with Crippen molar-refractivity contribution in [2.75, 3.05) is 6.61 Å². The number of hydrogen-bond acceptors (Lipinski definition) is 4. The van der Waals surface area contributed by atoms with Crippen molar-refractivity contribution in [3.8, 4) is 5.75 Å². The lowest BCUT2D eigenvalue weighted by molar-refractivity contribution is -0.123. The van der Waals surface area contributed by atoms with Crippen LogP contribution in [0.1, 0.15) is 28.4 Å². The van der Waals surface area contributed by atoms with Gasteiger partial charge in [-0.15, -0.1) is 0 Å². The van der Waals surface area contributed by atoms with Crippen LogP contribution >= 0.6 is 50.7 Å².